The van der Waals surface area contributed by atoms with E-state index >= 15 is 0 Å². The first-order valence-corrected chi connectivity index (χ1v) is 9.17. The van der Waals surface area contributed by atoms with E-state index in [1.807, 2.05) is 12.1 Å². The maximum atomic E-state index is 12.6. The predicted molar refractivity (Wildman–Crippen MR) is 87.2 cm³/mol. The van der Waals surface area contributed by atoms with Crippen LogP contribution in [-0.4, -0.2) is 42.1 Å². The molecule has 2 aromatic rings. The molecule has 1 aliphatic rings. The van der Waals surface area contributed by atoms with Crippen molar-refractivity contribution in [2.45, 2.75) is 25.8 Å². The molecule has 0 bridgehead atoms. The Labute approximate surface area is 134 Å². The molecule has 0 aliphatic carbocycles. The SMILES string of the molecule is Cc1[nH]c2ccccc2c1C(=O)C(=O)NC1(C)CCS(=O)(=O)C1. The number of aromatic nitrogens is 1. The van der Waals surface area contributed by atoms with Gasteiger partial charge in [0.15, 0.2) is 9.84 Å². The molecule has 1 unspecified atom stereocenters. The molecule has 122 valence electrons. The summed E-state index contributed by atoms with van der Waals surface area (Å²) in [5.74, 6) is -1.52. The third-order valence-electron chi connectivity index (χ3n) is 4.25. The summed E-state index contributed by atoms with van der Waals surface area (Å²) in [7, 11) is -3.15. The number of ketones is 1. The molecule has 0 spiro atoms. The van der Waals surface area contributed by atoms with Gasteiger partial charge in [-0.2, -0.15) is 0 Å². The van der Waals surface area contributed by atoms with Crippen LogP contribution in [0.25, 0.3) is 10.9 Å². The summed E-state index contributed by atoms with van der Waals surface area (Å²) in [6.45, 7) is 3.40. The van der Waals surface area contributed by atoms with Gasteiger partial charge in [-0.1, -0.05) is 18.2 Å². The Balaban J connectivity index is 1.88. The van der Waals surface area contributed by atoms with Gasteiger partial charge in [-0.3, -0.25) is 9.59 Å². The number of H-pyrrole nitrogens is 1. The number of fused-ring (bicyclic) bond motifs is 1. The van der Waals surface area contributed by atoms with E-state index in [-0.39, 0.29) is 11.5 Å². The lowest BCUT2D eigenvalue weighted by atomic mass is 10.00. The highest BCUT2D eigenvalue weighted by molar-refractivity contribution is 7.91. The van der Waals surface area contributed by atoms with Crippen LogP contribution in [0.3, 0.4) is 0 Å². The molecular formula is C16H18N2O4S. The minimum Gasteiger partial charge on any atom is -0.358 e. The van der Waals surface area contributed by atoms with E-state index in [0.29, 0.717) is 23.1 Å². The second kappa shape index (κ2) is 5.19. The number of nitrogens with one attached hydrogen (secondary N) is 2. The third kappa shape index (κ3) is 2.88. The molecule has 1 aromatic heterocycles. The first-order valence-electron chi connectivity index (χ1n) is 7.35. The predicted octanol–water partition coefficient (Wildman–Crippen LogP) is 1.35. The Kier molecular flexibility index (Phi) is 3.55. The lowest BCUT2D eigenvalue weighted by molar-refractivity contribution is -0.118. The fourth-order valence-corrected chi connectivity index (χ4v) is 5.22. The largest absolute Gasteiger partial charge is 0.358 e. The van der Waals surface area contributed by atoms with Crippen molar-refractivity contribution in [2.24, 2.45) is 0 Å². The minimum absolute atomic E-state index is 0.0318. The number of hydrogen-bond acceptors (Lipinski definition) is 4. The molecule has 1 atom stereocenters. The molecule has 1 fully saturated rings. The summed E-state index contributed by atoms with van der Waals surface area (Å²) in [5, 5.41) is 3.30. The van der Waals surface area contributed by atoms with E-state index in [0.717, 1.165) is 5.52 Å². The van der Waals surface area contributed by atoms with Gasteiger partial charge in [-0.25, -0.2) is 8.42 Å². The minimum atomic E-state index is -3.15. The Morgan fingerprint density at radius 2 is 1.96 bits per heavy atom. The van der Waals surface area contributed by atoms with Crippen molar-refractivity contribution in [3.8, 4) is 0 Å². The van der Waals surface area contributed by atoms with Crippen molar-refractivity contribution in [1.29, 1.82) is 0 Å². The highest BCUT2D eigenvalue weighted by Crippen LogP contribution is 2.25. The quantitative estimate of drug-likeness (QED) is 0.654. The van der Waals surface area contributed by atoms with E-state index in [4.69, 9.17) is 0 Å². The van der Waals surface area contributed by atoms with E-state index in [1.165, 1.54) is 0 Å². The standard InChI is InChI=1S/C16H18N2O4S/c1-10-13(11-5-3-4-6-12(11)17-10)14(19)15(20)18-16(2)7-8-23(21,22)9-16/h3-6,17H,7-9H2,1-2H3,(H,18,20). The second-order valence-electron chi connectivity index (χ2n) is 6.36. The number of amides is 1. The molecule has 7 heteroatoms. The molecular weight excluding hydrogens is 316 g/mol. The van der Waals surface area contributed by atoms with Crippen molar-refractivity contribution in [1.82, 2.24) is 10.3 Å². The van der Waals surface area contributed by atoms with Crippen LogP contribution in [-0.2, 0) is 14.6 Å². The normalized spacial score (nSPS) is 23.0. The Hall–Kier alpha value is -2.15. The Morgan fingerprint density at radius 3 is 2.61 bits per heavy atom. The summed E-state index contributed by atoms with van der Waals surface area (Å²) >= 11 is 0. The number of carbonyl (C=O) groups excluding carboxylic acids is 2. The summed E-state index contributed by atoms with van der Waals surface area (Å²) in [5.41, 5.74) is 0.861. The van der Waals surface area contributed by atoms with Gasteiger partial charge in [0.2, 0.25) is 0 Å². The van der Waals surface area contributed by atoms with Crippen LogP contribution in [0.15, 0.2) is 24.3 Å². The van der Waals surface area contributed by atoms with Gasteiger partial charge < -0.3 is 10.3 Å². The Morgan fingerprint density at radius 1 is 1.26 bits per heavy atom. The third-order valence-corrected chi connectivity index (χ3v) is 6.15. The number of rotatable bonds is 3. The van der Waals surface area contributed by atoms with E-state index in [1.54, 1.807) is 26.0 Å². The summed E-state index contributed by atoms with van der Waals surface area (Å²) in [6, 6.07) is 7.26. The van der Waals surface area contributed by atoms with Gasteiger partial charge in [0.25, 0.3) is 11.7 Å². The van der Waals surface area contributed by atoms with Gasteiger partial charge in [0.05, 0.1) is 22.6 Å². The van der Waals surface area contributed by atoms with E-state index in [9.17, 15) is 18.0 Å². The molecule has 1 aromatic carbocycles. The number of aryl methyl sites for hydroxylation is 1. The first kappa shape index (κ1) is 15.7. The number of Topliss-reactive ketones (excluding diaryl/α,β-unsaturated/α-hetero) is 1. The lowest BCUT2D eigenvalue weighted by Crippen LogP contribution is -2.49. The van der Waals surface area contributed by atoms with Crippen LogP contribution in [0, 0.1) is 6.92 Å². The van der Waals surface area contributed by atoms with E-state index < -0.39 is 27.1 Å². The summed E-state index contributed by atoms with van der Waals surface area (Å²) in [6.07, 6.45) is 0.321. The smallest absolute Gasteiger partial charge is 0.292 e. The number of benzene rings is 1. The van der Waals surface area contributed by atoms with Gasteiger partial charge in [-0.15, -0.1) is 0 Å². The van der Waals surface area contributed by atoms with Crippen LogP contribution < -0.4 is 5.32 Å². The van der Waals surface area contributed by atoms with Gasteiger partial charge in [0.1, 0.15) is 0 Å². The molecule has 6 nitrogen and oxygen atoms in total. The zero-order chi connectivity index (χ0) is 16.8. The van der Waals surface area contributed by atoms with Crippen LogP contribution in [0.1, 0.15) is 29.4 Å². The first-order chi connectivity index (χ1) is 10.7. The Bertz CT molecular complexity index is 913. The van der Waals surface area contributed by atoms with Crippen molar-refractivity contribution in [3.05, 3.63) is 35.5 Å². The fourth-order valence-electron chi connectivity index (χ4n) is 3.12. The van der Waals surface area contributed by atoms with Crippen LogP contribution in [0.5, 0.6) is 0 Å². The average molecular weight is 334 g/mol. The number of hydrogen-bond donors (Lipinski definition) is 2. The monoisotopic (exact) mass is 334 g/mol. The lowest BCUT2D eigenvalue weighted by Gasteiger charge is -2.23. The summed E-state index contributed by atoms with van der Waals surface area (Å²) in [4.78, 5) is 28.0. The maximum Gasteiger partial charge on any atom is 0.292 e. The molecule has 1 saturated heterocycles. The number of sulfone groups is 1. The van der Waals surface area contributed by atoms with Gasteiger partial charge in [-0.05, 0) is 26.3 Å². The van der Waals surface area contributed by atoms with Crippen LogP contribution in [0.4, 0.5) is 0 Å². The van der Waals surface area contributed by atoms with Crippen molar-refractivity contribution >= 4 is 32.4 Å². The van der Waals surface area contributed by atoms with Crippen molar-refractivity contribution in [3.63, 3.8) is 0 Å². The topological polar surface area (TPSA) is 96.1 Å². The van der Waals surface area contributed by atoms with Crippen LogP contribution >= 0.6 is 0 Å². The van der Waals surface area contributed by atoms with Gasteiger partial charge in [0, 0.05) is 16.6 Å². The number of aromatic amines is 1. The highest BCUT2D eigenvalue weighted by Gasteiger charge is 2.40. The molecule has 1 aliphatic heterocycles. The molecule has 23 heavy (non-hydrogen) atoms. The van der Waals surface area contributed by atoms with Gasteiger partial charge >= 0.3 is 0 Å². The maximum absolute atomic E-state index is 12.6. The molecule has 1 amide bonds. The molecule has 2 heterocycles. The molecule has 0 radical (unpaired) electrons. The molecule has 3 rings (SSSR count). The van der Waals surface area contributed by atoms with Crippen molar-refractivity contribution < 1.29 is 18.0 Å². The zero-order valence-corrected chi connectivity index (χ0v) is 13.8. The van der Waals surface area contributed by atoms with Crippen LogP contribution in [0.2, 0.25) is 0 Å². The number of para-hydroxylation sites is 1. The number of carbonyl (C=O) groups is 2. The molecule has 0 saturated carbocycles. The summed E-state index contributed by atoms with van der Waals surface area (Å²) < 4.78 is 23.2. The molecule has 2 N–H and O–H groups in total. The van der Waals surface area contributed by atoms with E-state index in [2.05, 4.69) is 10.3 Å². The fraction of sp³-hybridized carbons (Fsp3) is 0.375. The zero-order valence-electron chi connectivity index (χ0n) is 13.0. The van der Waals surface area contributed by atoms with Crippen molar-refractivity contribution in [2.75, 3.05) is 11.5 Å². The highest BCUT2D eigenvalue weighted by atomic mass is 32.2. The average Bonchev–Trinajstić information content (AvgIpc) is 2.93. The second-order valence-corrected chi connectivity index (χ2v) is 8.54.